The molecule has 27 heavy (non-hydrogen) atoms. The van der Waals surface area contributed by atoms with Gasteiger partial charge in [-0.1, -0.05) is 19.4 Å². The Morgan fingerprint density at radius 3 is 2.59 bits per heavy atom. The molecule has 0 radical (unpaired) electrons. The number of ether oxygens (including phenoxy) is 1. The molecule has 2 heterocycles. The standard InChI is InChI=1S/C20H27N3O4/c1-2-3-5-19(25)22-8-4-9-23(11-10-22)20(26)13-15-6-7-17-16(12-15)21-18(24)14-27-17/h6-7,12H,2-5,8-11,13-14H2,1H3,(H,21,24). The molecule has 7 nitrogen and oxygen atoms in total. The Labute approximate surface area is 159 Å². The highest BCUT2D eigenvalue weighted by Gasteiger charge is 2.22. The third-order valence-electron chi connectivity index (χ3n) is 4.98. The molecule has 0 atom stereocenters. The fourth-order valence-electron chi connectivity index (χ4n) is 3.43. The van der Waals surface area contributed by atoms with Gasteiger partial charge in [0.05, 0.1) is 12.1 Å². The molecule has 1 N–H and O–H groups in total. The summed E-state index contributed by atoms with van der Waals surface area (Å²) in [6, 6.07) is 5.43. The van der Waals surface area contributed by atoms with E-state index in [0.717, 1.165) is 24.8 Å². The van der Waals surface area contributed by atoms with Gasteiger partial charge < -0.3 is 19.9 Å². The fraction of sp³-hybridized carbons (Fsp3) is 0.550. The first kappa shape index (κ1) is 19.2. The summed E-state index contributed by atoms with van der Waals surface area (Å²) in [6.45, 7) is 4.65. The Morgan fingerprint density at radius 2 is 1.85 bits per heavy atom. The zero-order valence-electron chi connectivity index (χ0n) is 15.8. The van der Waals surface area contributed by atoms with Crippen molar-refractivity contribution in [2.75, 3.05) is 38.1 Å². The van der Waals surface area contributed by atoms with Crippen molar-refractivity contribution < 1.29 is 19.1 Å². The highest BCUT2D eigenvalue weighted by atomic mass is 16.5. The average Bonchev–Trinajstić information content (AvgIpc) is 2.92. The van der Waals surface area contributed by atoms with Gasteiger partial charge in [0, 0.05) is 32.6 Å². The minimum Gasteiger partial charge on any atom is -0.482 e. The van der Waals surface area contributed by atoms with Crippen molar-refractivity contribution in [1.29, 1.82) is 0 Å². The number of unbranched alkanes of at least 4 members (excludes halogenated alkanes) is 1. The van der Waals surface area contributed by atoms with Crippen LogP contribution in [0, 0.1) is 0 Å². The van der Waals surface area contributed by atoms with Crippen LogP contribution in [0.5, 0.6) is 5.75 Å². The maximum atomic E-state index is 12.7. The summed E-state index contributed by atoms with van der Waals surface area (Å²) in [4.78, 5) is 40.1. The van der Waals surface area contributed by atoms with Crippen LogP contribution in [0.15, 0.2) is 18.2 Å². The Balaban J connectivity index is 1.56. The van der Waals surface area contributed by atoms with E-state index >= 15 is 0 Å². The predicted molar refractivity (Wildman–Crippen MR) is 102 cm³/mol. The van der Waals surface area contributed by atoms with Crippen LogP contribution in [-0.2, 0) is 20.8 Å². The topological polar surface area (TPSA) is 79.0 Å². The maximum absolute atomic E-state index is 12.7. The lowest BCUT2D eigenvalue weighted by Crippen LogP contribution is -2.37. The van der Waals surface area contributed by atoms with Crippen molar-refractivity contribution in [2.24, 2.45) is 0 Å². The first-order valence-corrected chi connectivity index (χ1v) is 9.68. The van der Waals surface area contributed by atoms with Crippen LogP contribution in [0.2, 0.25) is 0 Å². The number of nitrogens with one attached hydrogen (secondary N) is 1. The number of rotatable bonds is 5. The van der Waals surface area contributed by atoms with Gasteiger partial charge >= 0.3 is 0 Å². The van der Waals surface area contributed by atoms with Crippen LogP contribution in [-0.4, -0.2) is 60.3 Å². The number of benzene rings is 1. The molecule has 146 valence electrons. The number of fused-ring (bicyclic) bond motifs is 1. The average molecular weight is 373 g/mol. The highest BCUT2D eigenvalue weighted by Crippen LogP contribution is 2.28. The maximum Gasteiger partial charge on any atom is 0.262 e. The fourth-order valence-corrected chi connectivity index (χ4v) is 3.43. The van der Waals surface area contributed by atoms with E-state index in [4.69, 9.17) is 4.74 Å². The number of anilines is 1. The number of carbonyl (C=O) groups is 3. The molecular formula is C20H27N3O4. The summed E-state index contributed by atoms with van der Waals surface area (Å²) in [5.41, 5.74) is 1.45. The van der Waals surface area contributed by atoms with Gasteiger partial charge in [0.15, 0.2) is 6.61 Å². The molecule has 0 saturated carbocycles. The lowest BCUT2D eigenvalue weighted by molar-refractivity contribution is -0.133. The first-order valence-electron chi connectivity index (χ1n) is 9.68. The second-order valence-corrected chi connectivity index (χ2v) is 7.06. The van der Waals surface area contributed by atoms with Gasteiger partial charge in [-0.05, 0) is 30.5 Å². The minimum absolute atomic E-state index is 0.0204. The van der Waals surface area contributed by atoms with Gasteiger partial charge in [0.2, 0.25) is 11.8 Å². The number of nitrogens with zero attached hydrogens (tertiary/aromatic N) is 2. The predicted octanol–water partition coefficient (Wildman–Crippen LogP) is 1.81. The molecule has 1 aromatic carbocycles. The molecule has 2 aliphatic heterocycles. The van der Waals surface area contributed by atoms with Gasteiger partial charge in [-0.15, -0.1) is 0 Å². The zero-order valence-corrected chi connectivity index (χ0v) is 15.8. The van der Waals surface area contributed by atoms with E-state index in [0.29, 0.717) is 44.0 Å². The number of hydrogen-bond acceptors (Lipinski definition) is 4. The molecule has 1 aromatic rings. The third-order valence-corrected chi connectivity index (χ3v) is 4.98. The van der Waals surface area contributed by atoms with Crippen molar-refractivity contribution in [3.8, 4) is 5.75 Å². The molecule has 0 aliphatic carbocycles. The summed E-state index contributed by atoms with van der Waals surface area (Å²) in [7, 11) is 0. The smallest absolute Gasteiger partial charge is 0.262 e. The number of amides is 3. The van der Waals surface area contributed by atoms with E-state index in [1.807, 2.05) is 15.9 Å². The van der Waals surface area contributed by atoms with Gasteiger partial charge in [-0.25, -0.2) is 0 Å². The van der Waals surface area contributed by atoms with Crippen LogP contribution in [0.1, 0.15) is 38.2 Å². The Kier molecular flexibility index (Phi) is 6.32. The van der Waals surface area contributed by atoms with Gasteiger partial charge in [-0.3, -0.25) is 14.4 Å². The summed E-state index contributed by atoms with van der Waals surface area (Å²) < 4.78 is 5.35. The van der Waals surface area contributed by atoms with Gasteiger partial charge in [0.1, 0.15) is 5.75 Å². The van der Waals surface area contributed by atoms with Crippen LogP contribution < -0.4 is 10.1 Å². The van der Waals surface area contributed by atoms with Crippen LogP contribution in [0.3, 0.4) is 0 Å². The van der Waals surface area contributed by atoms with Crippen LogP contribution >= 0.6 is 0 Å². The SMILES string of the molecule is CCCCC(=O)N1CCCN(C(=O)Cc2ccc3c(c2)NC(=O)CO3)CC1. The molecule has 0 spiro atoms. The Morgan fingerprint density at radius 1 is 1.11 bits per heavy atom. The summed E-state index contributed by atoms with van der Waals surface area (Å²) >= 11 is 0. The molecule has 3 amide bonds. The van der Waals surface area contributed by atoms with Crippen molar-refractivity contribution >= 4 is 23.4 Å². The normalized spacial score (nSPS) is 16.9. The molecular weight excluding hydrogens is 346 g/mol. The summed E-state index contributed by atoms with van der Waals surface area (Å²) in [6.07, 6.45) is 3.59. The van der Waals surface area contributed by atoms with E-state index in [1.54, 1.807) is 12.1 Å². The molecule has 7 heteroatoms. The van der Waals surface area contributed by atoms with Gasteiger partial charge in [-0.2, -0.15) is 0 Å². The van der Waals surface area contributed by atoms with E-state index in [9.17, 15) is 14.4 Å². The second-order valence-electron chi connectivity index (χ2n) is 7.06. The van der Waals surface area contributed by atoms with Crippen molar-refractivity contribution in [3.05, 3.63) is 23.8 Å². The Hall–Kier alpha value is -2.57. The van der Waals surface area contributed by atoms with E-state index in [2.05, 4.69) is 12.2 Å². The summed E-state index contributed by atoms with van der Waals surface area (Å²) in [5.74, 6) is 0.672. The van der Waals surface area contributed by atoms with Crippen molar-refractivity contribution in [2.45, 2.75) is 39.0 Å². The molecule has 1 fully saturated rings. The molecule has 0 bridgehead atoms. The van der Waals surface area contributed by atoms with Crippen molar-refractivity contribution in [1.82, 2.24) is 9.80 Å². The van der Waals surface area contributed by atoms with Crippen molar-refractivity contribution in [3.63, 3.8) is 0 Å². The van der Waals surface area contributed by atoms with Gasteiger partial charge in [0.25, 0.3) is 5.91 Å². The summed E-state index contributed by atoms with van der Waals surface area (Å²) in [5, 5.41) is 2.77. The second kappa shape index (κ2) is 8.88. The van der Waals surface area contributed by atoms with E-state index in [-0.39, 0.29) is 30.7 Å². The molecule has 0 aromatic heterocycles. The van der Waals surface area contributed by atoms with E-state index in [1.165, 1.54) is 0 Å². The molecule has 1 saturated heterocycles. The third kappa shape index (κ3) is 4.99. The highest BCUT2D eigenvalue weighted by molar-refractivity contribution is 5.95. The number of hydrogen-bond donors (Lipinski definition) is 1. The molecule has 2 aliphatic rings. The monoisotopic (exact) mass is 373 g/mol. The lowest BCUT2D eigenvalue weighted by Gasteiger charge is -2.23. The van der Waals surface area contributed by atoms with Crippen LogP contribution in [0.25, 0.3) is 0 Å². The molecule has 0 unspecified atom stereocenters. The largest absolute Gasteiger partial charge is 0.482 e. The Bertz CT molecular complexity index is 719. The first-order chi connectivity index (χ1) is 13.1. The number of carbonyl (C=O) groups excluding carboxylic acids is 3. The minimum atomic E-state index is -0.189. The quantitative estimate of drug-likeness (QED) is 0.854. The molecule has 3 rings (SSSR count). The zero-order chi connectivity index (χ0) is 19.2. The van der Waals surface area contributed by atoms with Crippen LogP contribution in [0.4, 0.5) is 5.69 Å². The van der Waals surface area contributed by atoms with E-state index < -0.39 is 0 Å². The lowest BCUT2D eigenvalue weighted by atomic mass is 10.1.